The van der Waals surface area contributed by atoms with Crippen LogP contribution in [0.4, 0.5) is 5.69 Å². The zero-order valence-electron chi connectivity index (χ0n) is 14.1. The standard InChI is InChI=1S/C19H22N2O3S/c1-14-7-9-16(10-8-14)21-19(22)18(15-5-3-2-4-6-15)20-17-11-12-25(23,24)13-17/h2-10,17-18,20H,11-13H2,1H3,(H,21,22)/t17-,18+/m1/s1. The molecule has 6 heteroatoms. The van der Waals surface area contributed by atoms with Crippen LogP contribution >= 0.6 is 0 Å². The van der Waals surface area contributed by atoms with Gasteiger partial charge < -0.3 is 5.32 Å². The third-order valence-corrected chi connectivity index (χ3v) is 6.12. The first-order valence-corrected chi connectivity index (χ1v) is 10.1. The zero-order chi connectivity index (χ0) is 17.9. The van der Waals surface area contributed by atoms with Crippen molar-refractivity contribution in [3.63, 3.8) is 0 Å². The fourth-order valence-electron chi connectivity index (χ4n) is 2.98. The first-order valence-electron chi connectivity index (χ1n) is 8.32. The van der Waals surface area contributed by atoms with Gasteiger partial charge in [0.05, 0.1) is 11.5 Å². The smallest absolute Gasteiger partial charge is 0.246 e. The fourth-order valence-corrected chi connectivity index (χ4v) is 4.67. The van der Waals surface area contributed by atoms with Gasteiger partial charge in [0.1, 0.15) is 6.04 Å². The summed E-state index contributed by atoms with van der Waals surface area (Å²) in [6.45, 7) is 1.99. The minimum atomic E-state index is -3.01. The third kappa shape index (κ3) is 4.67. The van der Waals surface area contributed by atoms with Gasteiger partial charge in [0, 0.05) is 11.7 Å². The van der Waals surface area contributed by atoms with E-state index in [1.807, 2.05) is 61.5 Å². The van der Waals surface area contributed by atoms with Crippen molar-refractivity contribution in [3.05, 3.63) is 65.7 Å². The monoisotopic (exact) mass is 358 g/mol. The van der Waals surface area contributed by atoms with Gasteiger partial charge in [-0.1, -0.05) is 48.0 Å². The van der Waals surface area contributed by atoms with Crippen LogP contribution in [-0.4, -0.2) is 31.9 Å². The summed E-state index contributed by atoms with van der Waals surface area (Å²) >= 11 is 0. The molecule has 0 spiro atoms. The number of carbonyl (C=O) groups excluding carboxylic acids is 1. The Labute approximate surface area is 148 Å². The Morgan fingerprint density at radius 2 is 1.76 bits per heavy atom. The maximum absolute atomic E-state index is 12.8. The third-order valence-electron chi connectivity index (χ3n) is 4.35. The van der Waals surface area contributed by atoms with Crippen LogP contribution in [0.25, 0.3) is 0 Å². The molecule has 3 rings (SSSR count). The number of hydrogen-bond donors (Lipinski definition) is 2. The van der Waals surface area contributed by atoms with Crippen LogP contribution in [-0.2, 0) is 14.6 Å². The number of rotatable bonds is 5. The molecule has 1 fully saturated rings. The van der Waals surface area contributed by atoms with Crippen molar-refractivity contribution >= 4 is 21.4 Å². The molecule has 0 aliphatic carbocycles. The highest BCUT2D eigenvalue weighted by molar-refractivity contribution is 7.91. The van der Waals surface area contributed by atoms with Gasteiger partial charge in [0.15, 0.2) is 9.84 Å². The average Bonchev–Trinajstić information content (AvgIpc) is 2.94. The van der Waals surface area contributed by atoms with Gasteiger partial charge >= 0.3 is 0 Å². The number of anilines is 1. The first kappa shape index (κ1) is 17.6. The first-order chi connectivity index (χ1) is 11.9. The average molecular weight is 358 g/mol. The summed E-state index contributed by atoms with van der Waals surface area (Å²) in [7, 11) is -3.01. The lowest BCUT2D eigenvalue weighted by molar-refractivity contribution is -0.118. The normalized spacial score (nSPS) is 20.1. The molecule has 2 aromatic rings. The van der Waals surface area contributed by atoms with E-state index in [1.165, 1.54) is 0 Å². The van der Waals surface area contributed by atoms with Crippen LogP contribution in [0.5, 0.6) is 0 Å². The number of aryl methyl sites for hydroxylation is 1. The largest absolute Gasteiger partial charge is 0.324 e. The molecule has 1 saturated heterocycles. The number of sulfone groups is 1. The molecule has 5 nitrogen and oxygen atoms in total. The maximum atomic E-state index is 12.8. The molecule has 1 amide bonds. The van der Waals surface area contributed by atoms with E-state index >= 15 is 0 Å². The number of carbonyl (C=O) groups is 1. The molecule has 0 radical (unpaired) electrons. The Kier molecular flexibility index (Phi) is 5.20. The molecular formula is C19H22N2O3S. The molecular weight excluding hydrogens is 336 g/mol. The molecule has 2 N–H and O–H groups in total. The highest BCUT2D eigenvalue weighted by Gasteiger charge is 2.32. The Hall–Kier alpha value is -2.18. The summed E-state index contributed by atoms with van der Waals surface area (Å²) in [4.78, 5) is 12.8. The van der Waals surface area contributed by atoms with Gasteiger partial charge in [-0.05, 0) is 31.0 Å². The number of benzene rings is 2. The van der Waals surface area contributed by atoms with Crippen molar-refractivity contribution in [3.8, 4) is 0 Å². The molecule has 132 valence electrons. The molecule has 0 bridgehead atoms. The van der Waals surface area contributed by atoms with Crippen LogP contribution in [0.1, 0.15) is 23.6 Å². The number of hydrogen-bond acceptors (Lipinski definition) is 4. The molecule has 0 saturated carbocycles. The van der Waals surface area contributed by atoms with Gasteiger partial charge in [0.2, 0.25) is 5.91 Å². The van der Waals surface area contributed by atoms with E-state index in [0.29, 0.717) is 6.42 Å². The molecule has 1 aliphatic rings. The van der Waals surface area contributed by atoms with Gasteiger partial charge in [-0.25, -0.2) is 8.42 Å². The van der Waals surface area contributed by atoms with Crippen LogP contribution in [0.2, 0.25) is 0 Å². The molecule has 1 aliphatic heterocycles. The van der Waals surface area contributed by atoms with Crippen molar-refractivity contribution in [2.45, 2.75) is 25.4 Å². The maximum Gasteiger partial charge on any atom is 0.246 e. The van der Waals surface area contributed by atoms with Crippen LogP contribution in [0.15, 0.2) is 54.6 Å². The lowest BCUT2D eigenvalue weighted by atomic mass is 10.0. The lowest BCUT2D eigenvalue weighted by Crippen LogP contribution is -2.40. The minimum Gasteiger partial charge on any atom is -0.324 e. The van der Waals surface area contributed by atoms with Crippen molar-refractivity contribution in [2.75, 3.05) is 16.8 Å². The lowest BCUT2D eigenvalue weighted by Gasteiger charge is -2.22. The second-order valence-electron chi connectivity index (χ2n) is 6.47. The predicted octanol–water partition coefficient (Wildman–Crippen LogP) is 2.45. The number of amides is 1. The van der Waals surface area contributed by atoms with Gasteiger partial charge in [-0.3, -0.25) is 10.1 Å². The van der Waals surface area contributed by atoms with E-state index in [0.717, 1.165) is 16.8 Å². The summed E-state index contributed by atoms with van der Waals surface area (Å²) in [5.41, 5.74) is 2.65. The van der Waals surface area contributed by atoms with Crippen molar-refractivity contribution in [2.24, 2.45) is 0 Å². The van der Waals surface area contributed by atoms with Crippen molar-refractivity contribution in [1.29, 1.82) is 0 Å². The highest BCUT2D eigenvalue weighted by Crippen LogP contribution is 2.20. The topological polar surface area (TPSA) is 75.3 Å². The van der Waals surface area contributed by atoms with Crippen molar-refractivity contribution < 1.29 is 13.2 Å². The molecule has 25 heavy (non-hydrogen) atoms. The van der Waals surface area contributed by atoms with Crippen LogP contribution in [0.3, 0.4) is 0 Å². The zero-order valence-corrected chi connectivity index (χ0v) is 14.9. The predicted molar refractivity (Wildman–Crippen MR) is 99.2 cm³/mol. The van der Waals surface area contributed by atoms with E-state index in [4.69, 9.17) is 0 Å². The van der Waals surface area contributed by atoms with Crippen LogP contribution < -0.4 is 10.6 Å². The summed E-state index contributed by atoms with van der Waals surface area (Å²) in [6.07, 6.45) is 0.531. The van der Waals surface area contributed by atoms with Crippen molar-refractivity contribution in [1.82, 2.24) is 5.32 Å². The van der Waals surface area contributed by atoms with E-state index in [1.54, 1.807) is 0 Å². The minimum absolute atomic E-state index is 0.0775. The SMILES string of the molecule is Cc1ccc(NC(=O)[C@@H](N[C@@H]2CCS(=O)(=O)C2)c2ccccc2)cc1. The Bertz CT molecular complexity index is 833. The van der Waals surface area contributed by atoms with Gasteiger partial charge in [0.25, 0.3) is 0 Å². The highest BCUT2D eigenvalue weighted by atomic mass is 32.2. The molecule has 2 aromatic carbocycles. The summed E-state index contributed by atoms with van der Waals surface area (Å²) in [6, 6.07) is 16.1. The van der Waals surface area contributed by atoms with Crippen LogP contribution in [0, 0.1) is 6.92 Å². The Balaban J connectivity index is 1.78. The van der Waals surface area contributed by atoms with E-state index < -0.39 is 15.9 Å². The second-order valence-corrected chi connectivity index (χ2v) is 8.69. The van der Waals surface area contributed by atoms with E-state index in [-0.39, 0.29) is 23.5 Å². The van der Waals surface area contributed by atoms with E-state index in [9.17, 15) is 13.2 Å². The Morgan fingerprint density at radius 3 is 2.36 bits per heavy atom. The summed E-state index contributed by atoms with van der Waals surface area (Å²) in [5.74, 6) is 0.0549. The molecule has 0 unspecified atom stereocenters. The molecule has 0 aromatic heterocycles. The van der Waals surface area contributed by atoms with Gasteiger partial charge in [-0.2, -0.15) is 0 Å². The fraction of sp³-hybridized carbons (Fsp3) is 0.316. The summed E-state index contributed by atoms with van der Waals surface area (Å²) < 4.78 is 23.4. The van der Waals surface area contributed by atoms with Gasteiger partial charge in [-0.15, -0.1) is 0 Å². The molecule has 1 heterocycles. The quantitative estimate of drug-likeness (QED) is 0.861. The van der Waals surface area contributed by atoms with E-state index in [2.05, 4.69) is 10.6 Å². The second kappa shape index (κ2) is 7.37. The number of nitrogens with one attached hydrogen (secondary N) is 2. The summed E-state index contributed by atoms with van der Waals surface area (Å²) in [5, 5.41) is 6.14. The Morgan fingerprint density at radius 1 is 1.08 bits per heavy atom. The molecule has 2 atom stereocenters.